The molecule has 0 bridgehead atoms. The Kier molecular flexibility index (Phi) is 3.51. The summed E-state index contributed by atoms with van der Waals surface area (Å²) in [4.78, 5) is 0. The highest BCUT2D eigenvalue weighted by Gasteiger charge is 2.07. The van der Waals surface area contributed by atoms with E-state index in [9.17, 15) is 4.39 Å². The van der Waals surface area contributed by atoms with Crippen molar-refractivity contribution in [2.45, 2.75) is 6.54 Å². The molecule has 0 heterocycles. The fraction of sp³-hybridized carbons (Fsp3) is 0.143. The van der Waals surface area contributed by atoms with Crippen molar-refractivity contribution in [1.82, 2.24) is 0 Å². The minimum Gasteiger partial charge on any atom is -0.326 e. The molecule has 4 heteroatoms. The molecular formula is C7H6FI2N. The molecule has 0 saturated heterocycles. The van der Waals surface area contributed by atoms with Crippen molar-refractivity contribution in [3.63, 3.8) is 0 Å². The third-order valence-electron chi connectivity index (χ3n) is 1.34. The summed E-state index contributed by atoms with van der Waals surface area (Å²) in [6.07, 6.45) is 0. The predicted octanol–water partition coefficient (Wildman–Crippen LogP) is 2.49. The third-order valence-corrected chi connectivity index (χ3v) is 3.19. The Labute approximate surface area is 91.8 Å². The van der Waals surface area contributed by atoms with Crippen molar-refractivity contribution in [3.05, 3.63) is 30.7 Å². The molecule has 0 atom stereocenters. The van der Waals surface area contributed by atoms with E-state index >= 15 is 0 Å². The van der Waals surface area contributed by atoms with E-state index in [4.69, 9.17) is 5.73 Å². The number of benzene rings is 1. The van der Waals surface area contributed by atoms with Crippen LogP contribution in [0.4, 0.5) is 4.39 Å². The normalized spacial score (nSPS) is 10.2. The smallest absolute Gasteiger partial charge is 0.142 e. The number of nitrogens with two attached hydrogens (primary N) is 1. The fourth-order valence-corrected chi connectivity index (χ4v) is 1.90. The van der Waals surface area contributed by atoms with Crippen molar-refractivity contribution >= 4 is 45.2 Å². The van der Waals surface area contributed by atoms with Crippen LogP contribution in [0.25, 0.3) is 0 Å². The lowest BCUT2D eigenvalue weighted by molar-refractivity contribution is 0.601. The quantitative estimate of drug-likeness (QED) is 0.591. The molecule has 1 rings (SSSR count). The van der Waals surface area contributed by atoms with Crippen LogP contribution in [0.2, 0.25) is 0 Å². The summed E-state index contributed by atoms with van der Waals surface area (Å²) in [5.41, 5.74) is 5.98. The molecule has 0 unspecified atom stereocenters. The molecule has 0 aromatic heterocycles. The zero-order valence-electron chi connectivity index (χ0n) is 5.57. The van der Waals surface area contributed by atoms with Crippen LogP contribution in [0.3, 0.4) is 0 Å². The second-order valence-electron chi connectivity index (χ2n) is 2.03. The van der Waals surface area contributed by atoms with Crippen LogP contribution in [0, 0.1) is 13.0 Å². The first-order valence-corrected chi connectivity index (χ1v) is 5.15. The summed E-state index contributed by atoms with van der Waals surface area (Å²) in [6, 6.07) is 3.62. The Hall–Kier alpha value is 0.570. The minimum atomic E-state index is -0.181. The lowest BCUT2D eigenvalue weighted by Crippen LogP contribution is -2.03. The van der Waals surface area contributed by atoms with Crippen molar-refractivity contribution in [1.29, 1.82) is 0 Å². The van der Waals surface area contributed by atoms with Crippen molar-refractivity contribution in [2.75, 3.05) is 0 Å². The second kappa shape index (κ2) is 3.99. The summed E-state index contributed by atoms with van der Waals surface area (Å²) in [5, 5.41) is 0. The van der Waals surface area contributed by atoms with E-state index in [2.05, 4.69) is 22.6 Å². The molecule has 0 aliphatic rings. The Morgan fingerprint density at radius 1 is 1.27 bits per heavy atom. The van der Waals surface area contributed by atoms with Crippen LogP contribution in [-0.2, 0) is 6.54 Å². The van der Waals surface area contributed by atoms with Gasteiger partial charge in [0.2, 0.25) is 0 Å². The lowest BCUT2D eigenvalue weighted by Gasteiger charge is -2.03. The number of halogens is 3. The van der Waals surface area contributed by atoms with Crippen LogP contribution in [0.15, 0.2) is 12.1 Å². The Morgan fingerprint density at radius 3 is 2.27 bits per heavy atom. The van der Waals surface area contributed by atoms with Gasteiger partial charge in [-0.05, 0) is 57.3 Å². The molecule has 1 aromatic rings. The molecule has 0 saturated carbocycles. The van der Waals surface area contributed by atoms with Gasteiger partial charge in [-0.15, -0.1) is 0 Å². The standard InChI is InChI=1S/C7H6FI2N/c8-7-4(3-11)5(9)1-2-6(7)10/h1-2H,3,11H2. The van der Waals surface area contributed by atoms with Gasteiger partial charge in [0, 0.05) is 19.2 Å². The van der Waals surface area contributed by atoms with E-state index in [1.807, 2.05) is 28.7 Å². The van der Waals surface area contributed by atoms with E-state index in [1.54, 1.807) is 6.07 Å². The molecule has 11 heavy (non-hydrogen) atoms. The lowest BCUT2D eigenvalue weighted by atomic mass is 10.2. The van der Waals surface area contributed by atoms with Crippen molar-refractivity contribution in [3.8, 4) is 0 Å². The first kappa shape index (κ1) is 9.66. The maximum atomic E-state index is 13.2. The SMILES string of the molecule is NCc1c(I)ccc(I)c1F. The predicted molar refractivity (Wildman–Crippen MR) is 59.7 cm³/mol. The van der Waals surface area contributed by atoms with Crippen LogP contribution < -0.4 is 5.73 Å². The van der Waals surface area contributed by atoms with Gasteiger partial charge in [0.25, 0.3) is 0 Å². The van der Waals surface area contributed by atoms with Crippen molar-refractivity contribution < 1.29 is 4.39 Å². The highest BCUT2D eigenvalue weighted by Crippen LogP contribution is 2.20. The molecule has 0 radical (unpaired) electrons. The zero-order valence-corrected chi connectivity index (χ0v) is 9.89. The molecule has 2 N–H and O–H groups in total. The molecule has 0 aliphatic heterocycles. The Bertz CT molecular complexity index is 275. The van der Waals surface area contributed by atoms with Crippen LogP contribution >= 0.6 is 45.2 Å². The van der Waals surface area contributed by atoms with Gasteiger partial charge in [0.15, 0.2) is 0 Å². The van der Waals surface area contributed by atoms with Crippen molar-refractivity contribution in [2.24, 2.45) is 5.73 Å². The van der Waals surface area contributed by atoms with E-state index in [1.165, 1.54) is 0 Å². The summed E-state index contributed by atoms with van der Waals surface area (Å²) in [5.74, 6) is -0.181. The van der Waals surface area contributed by atoms with Crippen LogP contribution in [-0.4, -0.2) is 0 Å². The highest BCUT2D eigenvalue weighted by molar-refractivity contribution is 14.1. The van der Waals surface area contributed by atoms with Crippen LogP contribution in [0.5, 0.6) is 0 Å². The molecule has 0 amide bonds. The van der Waals surface area contributed by atoms with Gasteiger partial charge >= 0.3 is 0 Å². The highest BCUT2D eigenvalue weighted by atomic mass is 127. The van der Waals surface area contributed by atoms with Gasteiger partial charge < -0.3 is 5.73 Å². The first-order chi connectivity index (χ1) is 5.16. The van der Waals surface area contributed by atoms with Gasteiger partial charge in [-0.2, -0.15) is 0 Å². The topological polar surface area (TPSA) is 26.0 Å². The summed E-state index contributed by atoms with van der Waals surface area (Å²) < 4.78 is 14.7. The van der Waals surface area contributed by atoms with Gasteiger partial charge in [-0.25, -0.2) is 4.39 Å². The van der Waals surface area contributed by atoms with E-state index < -0.39 is 0 Å². The molecule has 0 spiro atoms. The van der Waals surface area contributed by atoms with E-state index in [0.29, 0.717) is 9.13 Å². The van der Waals surface area contributed by atoms with Crippen LogP contribution in [0.1, 0.15) is 5.56 Å². The number of hydrogen-bond acceptors (Lipinski definition) is 1. The second-order valence-corrected chi connectivity index (χ2v) is 4.35. The van der Waals surface area contributed by atoms with Gasteiger partial charge in [-0.1, -0.05) is 0 Å². The fourth-order valence-electron chi connectivity index (χ4n) is 0.756. The molecular weight excluding hydrogens is 371 g/mol. The maximum Gasteiger partial charge on any atom is 0.142 e. The Balaban J connectivity index is 3.29. The maximum absolute atomic E-state index is 13.2. The van der Waals surface area contributed by atoms with E-state index in [-0.39, 0.29) is 12.4 Å². The minimum absolute atomic E-state index is 0.181. The largest absolute Gasteiger partial charge is 0.326 e. The monoisotopic (exact) mass is 377 g/mol. The first-order valence-electron chi connectivity index (χ1n) is 2.99. The molecule has 60 valence electrons. The molecule has 1 nitrogen and oxygen atoms in total. The average molecular weight is 377 g/mol. The van der Waals surface area contributed by atoms with Gasteiger partial charge in [-0.3, -0.25) is 0 Å². The van der Waals surface area contributed by atoms with Gasteiger partial charge in [0.05, 0.1) is 0 Å². The molecule has 0 aliphatic carbocycles. The Morgan fingerprint density at radius 2 is 1.82 bits per heavy atom. The average Bonchev–Trinajstić information content (AvgIpc) is 1.99. The van der Waals surface area contributed by atoms with E-state index in [0.717, 1.165) is 3.57 Å². The number of rotatable bonds is 1. The molecule has 0 fully saturated rings. The third kappa shape index (κ3) is 2.03. The number of hydrogen-bond donors (Lipinski definition) is 1. The molecule has 1 aromatic carbocycles. The van der Waals surface area contributed by atoms with Gasteiger partial charge in [0.1, 0.15) is 5.82 Å². The summed E-state index contributed by atoms with van der Waals surface area (Å²) >= 11 is 4.04. The summed E-state index contributed by atoms with van der Waals surface area (Å²) in [7, 11) is 0. The zero-order chi connectivity index (χ0) is 8.43. The summed E-state index contributed by atoms with van der Waals surface area (Å²) in [6.45, 7) is 0.265.